The summed E-state index contributed by atoms with van der Waals surface area (Å²) in [6, 6.07) is 3.79. The molecule has 1 unspecified atom stereocenters. The Labute approximate surface area is 151 Å². The van der Waals surface area contributed by atoms with E-state index in [-0.39, 0.29) is 11.8 Å². The molecule has 1 aliphatic heterocycles. The first kappa shape index (κ1) is 17.8. The van der Waals surface area contributed by atoms with Gasteiger partial charge in [-0.2, -0.15) is 5.26 Å². The largest absolute Gasteiger partial charge is 0.379 e. The van der Waals surface area contributed by atoms with Gasteiger partial charge in [0.1, 0.15) is 11.9 Å². The van der Waals surface area contributed by atoms with Gasteiger partial charge in [0.25, 0.3) is 0 Å². The molecule has 3 heterocycles. The van der Waals surface area contributed by atoms with Crippen LogP contribution >= 0.6 is 0 Å². The van der Waals surface area contributed by atoms with Crippen molar-refractivity contribution in [1.82, 2.24) is 25.5 Å². The van der Waals surface area contributed by atoms with E-state index in [2.05, 4.69) is 36.1 Å². The topological polar surface area (TPSA) is 124 Å². The summed E-state index contributed by atoms with van der Waals surface area (Å²) in [5.41, 5.74) is 1.09. The van der Waals surface area contributed by atoms with Crippen LogP contribution in [0.25, 0.3) is 0 Å². The molecular weight excluding hydrogens is 334 g/mol. The highest BCUT2D eigenvalue weighted by atomic mass is 16.5. The lowest BCUT2D eigenvalue weighted by atomic mass is 10.3. The lowest BCUT2D eigenvalue weighted by Crippen LogP contribution is -2.42. The molecule has 0 bridgehead atoms. The fraction of sp³-hybridized carbons (Fsp3) is 0.438. The highest BCUT2D eigenvalue weighted by Crippen LogP contribution is 2.24. The molecule has 26 heavy (non-hydrogen) atoms. The summed E-state index contributed by atoms with van der Waals surface area (Å²) < 4.78 is 5.71. The Kier molecular flexibility index (Phi) is 5.73. The third kappa shape index (κ3) is 4.53. The summed E-state index contributed by atoms with van der Waals surface area (Å²) in [7, 11) is 3.82. The molecule has 0 spiro atoms. The summed E-state index contributed by atoms with van der Waals surface area (Å²) in [5.74, 6) is 1.74. The average Bonchev–Trinajstić information content (AvgIpc) is 2.68. The number of morpholine rings is 1. The predicted octanol–water partition coefficient (Wildman–Crippen LogP) is 0.348. The van der Waals surface area contributed by atoms with Gasteiger partial charge in [-0.3, -0.25) is 0 Å². The average molecular weight is 355 g/mol. The summed E-state index contributed by atoms with van der Waals surface area (Å²) in [5, 5.41) is 27.0. The van der Waals surface area contributed by atoms with Crippen LogP contribution < -0.4 is 20.9 Å². The van der Waals surface area contributed by atoms with Gasteiger partial charge in [-0.15, -0.1) is 10.2 Å². The molecule has 1 aliphatic rings. The molecule has 2 aromatic heterocycles. The van der Waals surface area contributed by atoms with Crippen molar-refractivity contribution in [3.05, 3.63) is 24.2 Å². The Morgan fingerprint density at radius 2 is 2.19 bits per heavy atom. The van der Waals surface area contributed by atoms with E-state index in [0.29, 0.717) is 24.8 Å². The van der Waals surface area contributed by atoms with E-state index in [1.54, 1.807) is 0 Å². The van der Waals surface area contributed by atoms with Gasteiger partial charge in [0.05, 0.1) is 30.8 Å². The zero-order chi connectivity index (χ0) is 18.4. The van der Waals surface area contributed by atoms with Crippen molar-refractivity contribution in [2.45, 2.75) is 6.10 Å². The van der Waals surface area contributed by atoms with E-state index in [1.807, 2.05) is 31.1 Å². The Hall–Kier alpha value is -3.03. The molecule has 3 rings (SSSR count). The molecule has 0 saturated carbocycles. The third-order valence-corrected chi connectivity index (χ3v) is 3.75. The zero-order valence-corrected chi connectivity index (χ0v) is 14.7. The number of hydrogen-bond donors (Lipinski definition) is 3. The van der Waals surface area contributed by atoms with Crippen LogP contribution in [0.5, 0.6) is 0 Å². The molecule has 1 fully saturated rings. The van der Waals surface area contributed by atoms with Gasteiger partial charge in [-0.05, 0) is 0 Å². The minimum absolute atomic E-state index is 0.104. The molecule has 0 amide bonds. The first-order chi connectivity index (χ1) is 12.7. The van der Waals surface area contributed by atoms with Crippen molar-refractivity contribution >= 4 is 23.1 Å². The molecule has 0 aliphatic carbocycles. The number of anilines is 4. The molecular formula is C16H21N9O. The first-order valence-electron chi connectivity index (χ1n) is 8.26. The quantitative estimate of drug-likeness (QED) is 0.668. The van der Waals surface area contributed by atoms with Crippen LogP contribution in [-0.2, 0) is 4.74 Å². The summed E-state index contributed by atoms with van der Waals surface area (Å²) in [6.07, 6.45) is 2.98. The molecule has 0 radical (unpaired) electrons. The van der Waals surface area contributed by atoms with E-state index >= 15 is 0 Å². The van der Waals surface area contributed by atoms with Gasteiger partial charge in [0, 0.05) is 39.8 Å². The summed E-state index contributed by atoms with van der Waals surface area (Å²) in [4.78, 5) is 10.00. The normalized spacial score (nSPS) is 16.6. The van der Waals surface area contributed by atoms with Gasteiger partial charge in [0.2, 0.25) is 0 Å². The highest BCUT2D eigenvalue weighted by Gasteiger charge is 2.15. The fourth-order valence-electron chi connectivity index (χ4n) is 2.46. The lowest BCUT2D eigenvalue weighted by molar-refractivity contribution is 0.0372. The number of nitrogens with zero attached hydrogens (tertiary/aromatic N) is 6. The first-order valence-corrected chi connectivity index (χ1v) is 8.26. The van der Waals surface area contributed by atoms with E-state index in [1.165, 1.54) is 12.4 Å². The number of rotatable bonds is 6. The van der Waals surface area contributed by atoms with E-state index in [9.17, 15) is 0 Å². The van der Waals surface area contributed by atoms with E-state index < -0.39 is 0 Å². The maximum Gasteiger partial charge on any atom is 0.174 e. The zero-order valence-electron chi connectivity index (χ0n) is 14.7. The Bertz CT molecular complexity index is 766. The minimum atomic E-state index is 0.104. The smallest absolute Gasteiger partial charge is 0.174 e. The van der Waals surface area contributed by atoms with E-state index in [0.717, 1.165) is 24.6 Å². The molecule has 0 aromatic carbocycles. The van der Waals surface area contributed by atoms with Crippen LogP contribution in [0.15, 0.2) is 18.5 Å². The standard InChI is InChI=1S/C16H21N9O/c1-25(2)16-13(20-9-12-8-18-3-4-26-12)5-14(23-24-16)22-15-10-19-11(6-17)7-21-15/h5,7,10,12,18H,3-4,8-9H2,1-2H3,(H2,20,21,22,23). The molecule has 3 N–H and O–H groups in total. The van der Waals surface area contributed by atoms with Gasteiger partial charge in [0.15, 0.2) is 17.3 Å². The monoisotopic (exact) mass is 355 g/mol. The predicted molar refractivity (Wildman–Crippen MR) is 97.5 cm³/mol. The number of nitrogens with one attached hydrogen (secondary N) is 3. The van der Waals surface area contributed by atoms with Crippen LogP contribution in [0.4, 0.5) is 23.1 Å². The number of hydrogen-bond acceptors (Lipinski definition) is 10. The van der Waals surface area contributed by atoms with Crippen LogP contribution in [0.1, 0.15) is 5.69 Å². The van der Waals surface area contributed by atoms with Gasteiger partial charge in [-0.1, -0.05) is 0 Å². The minimum Gasteiger partial charge on any atom is -0.379 e. The summed E-state index contributed by atoms with van der Waals surface area (Å²) in [6.45, 7) is 3.08. The van der Waals surface area contributed by atoms with Crippen LogP contribution in [-0.4, -0.2) is 66.6 Å². The molecule has 1 atom stereocenters. The Balaban J connectivity index is 1.73. The summed E-state index contributed by atoms with van der Waals surface area (Å²) >= 11 is 0. The SMILES string of the molecule is CN(C)c1nnc(Nc2cnc(C#N)cn2)cc1NCC1CNCCO1. The number of aromatic nitrogens is 4. The molecule has 10 heteroatoms. The van der Waals surface area contributed by atoms with Crippen molar-refractivity contribution in [2.75, 3.05) is 55.9 Å². The molecule has 136 valence electrons. The Morgan fingerprint density at radius 3 is 2.85 bits per heavy atom. The van der Waals surface area contributed by atoms with Crippen molar-refractivity contribution in [3.8, 4) is 6.07 Å². The van der Waals surface area contributed by atoms with Crippen molar-refractivity contribution in [1.29, 1.82) is 5.26 Å². The van der Waals surface area contributed by atoms with Gasteiger partial charge < -0.3 is 25.6 Å². The van der Waals surface area contributed by atoms with Crippen molar-refractivity contribution < 1.29 is 4.74 Å². The molecule has 1 saturated heterocycles. The number of nitriles is 1. The van der Waals surface area contributed by atoms with Crippen molar-refractivity contribution in [3.63, 3.8) is 0 Å². The Morgan fingerprint density at radius 1 is 1.31 bits per heavy atom. The maximum absolute atomic E-state index is 8.78. The third-order valence-electron chi connectivity index (χ3n) is 3.75. The van der Waals surface area contributed by atoms with Crippen molar-refractivity contribution in [2.24, 2.45) is 0 Å². The fourth-order valence-corrected chi connectivity index (χ4v) is 2.46. The molecule has 10 nitrogen and oxygen atoms in total. The van der Waals surface area contributed by atoms with Gasteiger partial charge >= 0.3 is 0 Å². The second kappa shape index (κ2) is 8.37. The highest BCUT2D eigenvalue weighted by molar-refractivity contribution is 5.69. The maximum atomic E-state index is 8.78. The van der Waals surface area contributed by atoms with Crippen LogP contribution in [0.3, 0.4) is 0 Å². The molecule has 2 aromatic rings. The van der Waals surface area contributed by atoms with Crippen LogP contribution in [0, 0.1) is 11.3 Å². The number of ether oxygens (including phenoxy) is 1. The second-order valence-corrected chi connectivity index (χ2v) is 5.96. The lowest BCUT2D eigenvalue weighted by Gasteiger charge is -2.25. The van der Waals surface area contributed by atoms with Gasteiger partial charge in [-0.25, -0.2) is 9.97 Å². The van der Waals surface area contributed by atoms with Crippen LogP contribution in [0.2, 0.25) is 0 Å². The second-order valence-electron chi connectivity index (χ2n) is 5.96. The van der Waals surface area contributed by atoms with E-state index in [4.69, 9.17) is 10.00 Å².